The van der Waals surface area contributed by atoms with Gasteiger partial charge in [0.25, 0.3) is 0 Å². The number of anilines is 1. The topological polar surface area (TPSA) is 37.8 Å². The fraction of sp³-hybridized carbons (Fsp3) is 0.375. The largest absolute Gasteiger partial charge is 0.369 e. The van der Waals surface area contributed by atoms with Crippen molar-refractivity contribution in [1.82, 2.24) is 9.97 Å². The van der Waals surface area contributed by atoms with E-state index in [0.717, 1.165) is 34.5 Å². The highest BCUT2D eigenvalue weighted by atomic mass is 79.9. The number of halogens is 2. The van der Waals surface area contributed by atoms with Crippen molar-refractivity contribution in [3.8, 4) is 11.4 Å². The first-order valence-corrected chi connectivity index (χ1v) is 8.44. The molecular weight excluding hydrogens is 350 g/mol. The Morgan fingerprint density at radius 2 is 2.05 bits per heavy atom. The van der Waals surface area contributed by atoms with Gasteiger partial charge in [-0.25, -0.2) is 9.97 Å². The van der Waals surface area contributed by atoms with Gasteiger partial charge in [-0.2, -0.15) is 0 Å². The van der Waals surface area contributed by atoms with Crippen molar-refractivity contribution in [3.63, 3.8) is 0 Å². The fourth-order valence-corrected chi connectivity index (χ4v) is 3.08. The summed E-state index contributed by atoms with van der Waals surface area (Å²) in [5, 5.41) is 4.06. The van der Waals surface area contributed by atoms with Crippen molar-refractivity contribution in [2.24, 2.45) is 0 Å². The third-order valence-electron chi connectivity index (χ3n) is 3.50. The summed E-state index contributed by atoms with van der Waals surface area (Å²) in [4.78, 5) is 9.41. The molecule has 0 saturated heterocycles. The SMILES string of the molecule is CCCNc1nc(-c2ccccc2Cl)nc(C2CC2)c1Br. The van der Waals surface area contributed by atoms with E-state index in [1.165, 1.54) is 12.8 Å². The number of nitrogens with zero attached hydrogens (tertiary/aromatic N) is 2. The maximum atomic E-state index is 6.29. The molecule has 1 aromatic heterocycles. The van der Waals surface area contributed by atoms with Crippen LogP contribution in [0.3, 0.4) is 0 Å². The molecule has 2 aromatic rings. The van der Waals surface area contributed by atoms with Crippen LogP contribution in [-0.2, 0) is 0 Å². The molecule has 1 aromatic carbocycles. The average Bonchev–Trinajstić information content (AvgIpc) is 3.31. The number of aromatic nitrogens is 2. The third-order valence-corrected chi connectivity index (χ3v) is 4.61. The average molecular weight is 367 g/mol. The Hall–Kier alpha value is -1.13. The monoisotopic (exact) mass is 365 g/mol. The molecule has 110 valence electrons. The van der Waals surface area contributed by atoms with Gasteiger partial charge in [-0.3, -0.25) is 0 Å². The predicted octanol–water partition coefficient (Wildman–Crippen LogP) is 5.26. The Morgan fingerprint density at radius 1 is 1.29 bits per heavy atom. The maximum absolute atomic E-state index is 6.29. The van der Waals surface area contributed by atoms with Crippen LogP contribution in [0.2, 0.25) is 5.02 Å². The smallest absolute Gasteiger partial charge is 0.163 e. The van der Waals surface area contributed by atoms with Crippen LogP contribution in [0.25, 0.3) is 11.4 Å². The summed E-state index contributed by atoms with van der Waals surface area (Å²) >= 11 is 9.95. The van der Waals surface area contributed by atoms with E-state index in [1.807, 2.05) is 24.3 Å². The summed E-state index contributed by atoms with van der Waals surface area (Å²) in [7, 11) is 0. The molecule has 1 aliphatic carbocycles. The van der Waals surface area contributed by atoms with Gasteiger partial charge in [-0.15, -0.1) is 0 Å². The number of nitrogens with one attached hydrogen (secondary N) is 1. The Morgan fingerprint density at radius 3 is 2.71 bits per heavy atom. The normalized spacial score (nSPS) is 14.2. The van der Waals surface area contributed by atoms with Gasteiger partial charge in [0.05, 0.1) is 15.2 Å². The van der Waals surface area contributed by atoms with Gasteiger partial charge in [0, 0.05) is 18.0 Å². The number of hydrogen-bond donors (Lipinski definition) is 1. The summed E-state index contributed by atoms with van der Waals surface area (Å²) in [6.45, 7) is 3.03. The van der Waals surface area contributed by atoms with Crippen molar-refractivity contribution >= 4 is 33.3 Å². The molecule has 21 heavy (non-hydrogen) atoms. The first kappa shape index (κ1) is 14.8. The van der Waals surface area contributed by atoms with Crippen molar-refractivity contribution in [3.05, 3.63) is 39.5 Å². The van der Waals surface area contributed by atoms with Gasteiger partial charge in [0.2, 0.25) is 0 Å². The highest BCUT2D eigenvalue weighted by Gasteiger charge is 2.29. The quantitative estimate of drug-likeness (QED) is 0.784. The summed E-state index contributed by atoms with van der Waals surface area (Å²) in [6, 6.07) is 7.72. The van der Waals surface area contributed by atoms with Crippen LogP contribution in [0, 0.1) is 0 Å². The van der Waals surface area contributed by atoms with E-state index in [1.54, 1.807) is 0 Å². The van der Waals surface area contributed by atoms with Gasteiger partial charge >= 0.3 is 0 Å². The Bertz CT molecular complexity index is 656. The van der Waals surface area contributed by atoms with Gasteiger partial charge < -0.3 is 5.32 Å². The van der Waals surface area contributed by atoms with E-state index in [9.17, 15) is 0 Å². The van der Waals surface area contributed by atoms with Gasteiger partial charge in [-0.05, 0) is 47.3 Å². The lowest BCUT2D eigenvalue weighted by atomic mass is 10.2. The Balaban J connectivity index is 2.08. The van der Waals surface area contributed by atoms with Crippen molar-refractivity contribution < 1.29 is 0 Å². The highest BCUT2D eigenvalue weighted by Crippen LogP contribution is 2.44. The minimum absolute atomic E-state index is 0.547. The molecule has 5 heteroatoms. The van der Waals surface area contributed by atoms with E-state index in [4.69, 9.17) is 16.6 Å². The minimum Gasteiger partial charge on any atom is -0.369 e. The van der Waals surface area contributed by atoms with Gasteiger partial charge in [0.1, 0.15) is 5.82 Å². The summed E-state index contributed by atoms with van der Waals surface area (Å²) in [6.07, 6.45) is 3.45. The minimum atomic E-state index is 0.547. The van der Waals surface area contributed by atoms with E-state index in [-0.39, 0.29) is 0 Å². The molecule has 0 radical (unpaired) electrons. The second-order valence-electron chi connectivity index (χ2n) is 5.28. The van der Waals surface area contributed by atoms with Crippen molar-refractivity contribution in [1.29, 1.82) is 0 Å². The number of hydrogen-bond acceptors (Lipinski definition) is 3. The van der Waals surface area contributed by atoms with E-state index < -0.39 is 0 Å². The number of benzene rings is 1. The first-order chi connectivity index (χ1) is 10.2. The molecule has 1 N–H and O–H groups in total. The van der Waals surface area contributed by atoms with Crippen LogP contribution in [0.15, 0.2) is 28.7 Å². The lowest BCUT2D eigenvalue weighted by Gasteiger charge is -2.13. The lowest BCUT2D eigenvalue weighted by Crippen LogP contribution is -2.07. The molecule has 1 aliphatic rings. The fourth-order valence-electron chi connectivity index (χ4n) is 2.22. The van der Waals surface area contributed by atoms with E-state index in [2.05, 4.69) is 33.2 Å². The summed E-state index contributed by atoms with van der Waals surface area (Å²) in [5.74, 6) is 2.11. The molecule has 1 fully saturated rings. The zero-order valence-corrected chi connectivity index (χ0v) is 14.2. The van der Waals surface area contributed by atoms with Crippen LogP contribution >= 0.6 is 27.5 Å². The van der Waals surface area contributed by atoms with Gasteiger partial charge in [0.15, 0.2) is 5.82 Å². The zero-order valence-electron chi connectivity index (χ0n) is 11.9. The molecule has 3 nitrogen and oxygen atoms in total. The van der Waals surface area contributed by atoms with Crippen LogP contribution in [0.1, 0.15) is 37.8 Å². The molecule has 0 bridgehead atoms. The first-order valence-electron chi connectivity index (χ1n) is 7.27. The number of rotatable bonds is 5. The molecular formula is C16H17BrClN3. The molecule has 0 amide bonds. The summed E-state index contributed by atoms with van der Waals surface area (Å²) < 4.78 is 0.995. The zero-order chi connectivity index (χ0) is 14.8. The molecule has 3 rings (SSSR count). The van der Waals surface area contributed by atoms with Crippen LogP contribution in [0.5, 0.6) is 0 Å². The van der Waals surface area contributed by atoms with E-state index in [0.29, 0.717) is 16.8 Å². The predicted molar refractivity (Wildman–Crippen MR) is 90.9 cm³/mol. The molecule has 1 heterocycles. The molecule has 0 unspecified atom stereocenters. The standard InChI is InChI=1S/C16H17BrClN3/c1-2-9-19-16-13(17)14(10-7-8-10)20-15(21-16)11-5-3-4-6-12(11)18/h3-6,10H,2,7-9H2,1H3,(H,19,20,21). The summed E-state index contributed by atoms with van der Waals surface area (Å²) in [5.41, 5.74) is 1.98. The van der Waals surface area contributed by atoms with Crippen molar-refractivity contribution in [2.45, 2.75) is 32.1 Å². The van der Waals surface area contributed by atoms with Gasteiger partial charge in [-0.1, -0.05) is 30.7 Å². The van der Waals surface area contributed by atoms with Crippen LogP contribution in [-0.4, -0.2) is 16.5 Å². The van der Waals surface area contributed by atoms with Crippen LogP contribution in [0.4, 0.5) is 5.82 Å². The Labute approximate surface area is 138 Å². The molecule has 1 saturated carbocycles. The lowest BCUT2D eigenvalue weighted by molar-refractivity contribution is 0.940. The third kappa shape index (κ3) is 3.22. The molecule has 0 atom stereocenters. The highest BCUT2D eigenvalue weighted by molar-refractivity contribution is 9.10. The molecule has 0 spiro atoms. The van der Waals surface area contributed by atoms with E-state index >= 15 is 0 Å². The molecule has 0 aliphatic heterocycles. The Kier molecular flexibility index (Phi) is 4.45. The second kappa shape index (κ2) is 6.32. The van der Waals surface area contributed by atoms with Crippen LogP contribution < -0.4 is 5.32 Å². The second-order valence-corrected chi connectivity index (χ2v) is 6.48. The van der Waals surface area contributed by atoms with Crippen molar-refractivity contribution in [2.75, 3.05) is 11.9 Å². The maximum Gasteiger partial charge on any atom is 0.163 e.